The Morgan fingerprint density at radius 2 is 1.96 bits per heavy atom. The molecule has 0 spiro atoms. The zero-order valence-electron chi connectivity index (χ0n) is 17.1. The van der Waals surface area contributed by atoms with Gasteiger partial charge in [-0.15, -0.1) is 35.3 Å². The zero-order valence-corrected chi connectivity index (χ0v) is 20.2. The highest BCUT2D eigenvalue weighted by molar-refractivity contribution is 14.0. The molecule has 3 N–H and O–H groups in total. The Bertz CT molecular complexity index is 577. The summed E-state index contributed by atoms with van der Waals surface area (Å²) in [7, 11) is 0. The Balaban J connectivity index is 0.00000392. The Morgan fingerprint density at radius 1 is 1.25 bits per heavy atom. The summed E-state index contributed by atoms with van der Waals surface area (Å²) < 4.78 is 5.50. The Hall–Kier alpha value is -0.910. The van der Waals surface area contributed by atoms with Crippen molar-refractivity contribution in [3.05, 3.63) is 22.4 Å². The molecule has 1 aliphatic heterocycles. The number of carbonyl (C=O) groups excluding carboxylic acids is 1. The number of morpholine rings is 1. The highest BCUT2D eigenvalue weighted by Crippen LogP contribution is 2.26. The molecule has 1 amide bonds. The molecule has 160 valence electrons. The highest BCUT2D eigenvalue weighted by atomic mass is 127. The van der Waals surface area contributed by atoms with Gasteiger partial charge in [0.05, 0.1) is 25.8 Å². The normalized spacial score (nSPS) is 16.4. The van der Waals surface area contributed by atoms with E-state index in [1.165, 1.54) is 4.88 Å². The fraction of sp³-hybridized carbons (Fsp3) is 0.684. The van der Waals surface area contributed by atoms with E-state index in [-0.39, 0.29) is 41.8 Å². The molecule has 1 atom stereocenters. The van der Waals surface area contributed by atoms with Crippen molar-refractivity contribution in [2.45, 2.75) is 26.8 Å². The summed E-state index contributed by atoms with van der Waals surface area (Å²) in [6.45, 7) is 12.0. The monoisotopic (exact) mass is 523 g/mol. The topological polar surface area (TPSA) is 78.0 Å². The van der Waals surface area contributed by atoms with Gasteiger partial charge in [0, 0.05) is 43.5 Å². The summed E-state index contributed by atoms with van der Waals surface area (Å²) in [6.07, 6.45) is 0. The predicted octanol–water partition coefficient (Wildman–Crippen LogP) is 2.07. The summed E-state index contributed by atoms with van der Waals surface area (Å²) in [5.41, 5.74) is 0. The van der Waals surface area contributed by atoms with Crippen LogP contribution in [0.4, 0.5) is 0 Å². The number of guanidine groups is 1. The fourth-order valence-corrected chi connectivity index (χ4v) is 3.70. The van der Waals surface area contributed by atoms with Gasteiger partial charge in [0.2, 0.25) is 5.91 Å². The van der Waals surface area contributed by atoms with E-state index in [9.17, 15) is 4.79 Å². The molecule has 1 aliphatic rings. The van der Waals surface area contributed by atoms with Crippen LogP contribution in [0.25, 0.3) is 0 Å². The molecule has 28 heavy (non-hydrogen) atoms. The van der Waals surface area contributed by atoms with Gasteiger partial charge >= 0.3 is 0 Å². The van der Waals surface area contributed by atoms with E-state index in [4.69, 9.17) is 9.73 Å². The second-order valence-corrected chi connectivity index (χ2v) is 7.75. The molecular weight excluding hydrogens is 489 g/mol. The molecule has 0 bridgehead atoms. The summed E-state index contributed by atoms with van der Waals surface area (Å²) in [6, 6.07) is 4.55. The van der Waals surface area contributed by atoms with Crippen LogP contribution in [0, 0.1) is 5.92 Å². The van der Waals surface area contributed by atoms with Crippen molar-refractivity contribution in [3.8, 4) is 0 Å². The quantitative estimate of drug-likeness (QED) is 0.200. The van der Waals surface area contributed by atoms with Crippen LogP contribution in [-0.4, -0.2) is 69.2 Å². The first-order valence-corrected chi connectivity index (χ1v) is 10.6. The minimum Gasteiger partial charge on any atom is -0.379 e. The first-order chi connectivity index (χ1) is 13.1. The van der Waals surface area contributed by atoms with Crippen molar-refractivity contribution in [2.24, 2.45) is 10.9 Å². The molecule has 0 aliphatic carbocycles. The summed E-state index contributed by atoms with van der Waals surface area (Å²) in [4.78, 5) is 20.2. The third kappa shape index (κ3) is 8.62. The van der Waals surface area contributed by atoms with Crippen LogP contribution in [0.5, 0.6) is 0 Å². The highest BCUT2D eigenvalue weighted by Gasteiger charge is 2.23. The summed E-state index contributed by atoms with van der Waals surface area (Å²) in [5.74, 6) is 0.863. The molecule has 9 heteroatoms. The van der Waals surface area contributed by atoms with Crippen molar-refractivity contribution >= 4 is 47.2 Å². The number of aliphatic imine (C=N–C) groups is 1. The molecule has 1 unspecified atom stereocenters. The molecular formula is C19H34IN5O2S. The van der Waals surface area contributed by atoms with Gasteiger partial charge in [-0.25, -0.2) is 0 Å². The molecule has 1 aromatic heterocycles. The lowest BCUT2D eigenvalue weighted by molar-refractivity contribution is -0.123. The number of rotatable bonds is 9. The SMILES string of the molecule is CCNC(=NCC(c1cccs1)N1CCOCC1)NCCNC(=O)C(C)C.I. The maximum Gasteiger partial charge on any atom is 0.222 e. The van der Waals surface area contributed by atoms with Gasteiger partial charge in [0.25, 0.3) is 0 Å². The summed E-state index contributed by atoms with van der Waals surface area (Å²) in [5, 5.41) is 11.6. The van der Waals surface area contributed by atoms with Crippen molar-refractivity contribution in [2.75, 3.05) is 52.5 Å². The third-order valence-corrected chi connectivity index (χ3v) is 5.34. The molecule has 1 fully saturated rings. The molecule has 1 aromatic rings. The van der Waals surface area contributed by atoms with Gasteiger partial charge in [-0.1, -0.05) is 19.9 Å². The third-order valence-electron chi connectivity index (χ3n) is 4.37. The minimum atomic E-state index is 0. The van der Waals surface area contributed by atoms with Gasteiger partial charge in [-0.3, -0.25) is 14.7 Å². The van der Waals surface area contributed by atoms with Crippen LogP contribution >= 0.6 is 35.3 Å². The minimum absolute atomic E-state index is 0. The fourth-order valence-electron chi connectivity index (χ4n) is 2.85. The van der Waals surface area contributed by atoms with E-state index in [0.717, 1.165) is 38.8 Å². The van der Waals surface area contributed by atoms with E-state index in [1.54, 1.807) is 11.3 Å². The molecule has 0 saturated carbocycles. The number of nitrogens with zero attached hydrogens (tertiary/aromatic N) is 2. The lowest BCUT2D eigenvalue weighted by Crippen LogP contribution is -2.43. The average molecular weight is 523 g/mol. The molecule has 0 radical (unpaired) electrons. The first kappa shape index (κ1) is 25.1. The number of thiophene rings is 1. The van der Waals surface area contributed by atoms with Crippen LogP contribution in [0.1, 0.15) is 31.7 Å². The molecule has 1 saturated heterocycles. The van der Waals surface area contributed by atoms with Crippen LogP contribution < -0.4 is 16.0 Å². The molecule has 0 aromatic carbocycles. The van der Waals surface area contributed by atoms with Crippen LogP contribution in [0.2, 0.25) is 0 Å². The number of carbonyl (C=O) groups is 1. The Morgan fingerprint density at radius 3 is 2.57 bits per heavy atom. The van der Waals surface area contributed by atoms with E-state index in [1.807, 2.05) is 13.8 Å². The zero-order chi connectivity index (χ0) is 19.5. The van der Waals surface area contributed by atoms with E-state index >= 15 is 0 Å². The van der Waals surface area contributed by atoms with Gasteiger partial charge < -0.3 is 20.7 Å². The average Bonchev–Trinajstić information content (AvgIpc) is 3.20. The first-order valence-electron chi connectivity index (χ1n) is 9.77. The smallest absolute Gasteiger partial charge is 0.222 e. The van der Waals surface area contributed by atoms with Gasteiger partial charge in [0.1, 0.15) is 0 Å². The van der Waals surface area contributed by atoms with Crippen LogP contribution in [-0.2, 0) is 9.53 Å². The number of nitrogens with one attached hydrogen (secondary N) is 3. The van der Waals surface area contributed by atoms with Gasteiger partial charge in [-0.05, 0) is 18.4 Å². The lowest BCUT2D eigenvalue weighted by atomic mass is 10.2. The molecule has 2 heterocycles. The maximum atomic E-state index is 11.6. The van der Waals surface area contributed by atoms with Crippen LogP contribution in [0.15, 0.2) is 22.5 Å². The van der Waals surface area contributed by atoms with Crippen LogP contribution in [0.3, 0.4) is 0 Å². The van der Waals surface area contributed by atoms with Crippen molar-refractivity contribution in [1.29, 1.82) is 0 Å². The largest absolute Gasteiger partial charge is 0.379 e. The second-order valence-electron chi connectivity index (χ2n) is 6.77. The summed E-state index contributed by atoms with van der Waals surface area (Å²) >= 11 is 1.78. The predicted molar refractivity (Wildman–Crippen MR) is 127 cm³/mol. The molecule has 7 nitrogen and oxygen atoms in total. The maximum absolute atomic E-state index is 11.6. The number of hydrogen-bond acceptors (Lipinski definition) is 5. The number of hydrogen-bond donors (Lipinski definition) is 3. The lowest BCUT2D eigenvalue weighted by Gasteiger charge is -2.33. The van der Waals surface area contributed by atoms with Gasteiger partial charge in [0.15, 0.2) is 5.96 Å². The van der Waals surface area contributed by atoms with Gasteiger partial charge in [-0.2, -0.15) is 0 Å². The van der Waals surface area contributed by atoms with E-state index in [2.05, 4.69) is 45.3 Å². The number of amides is 1. The number of ether oxygens (including phenoxy) is 1. The van der Waals surface area contributed by atoms with E-state index in [0.29, 0.717) is 19.6 Å². The van der Waals surface area contributed by atoms with Crippen molar-refractivity contribution in [1.82, 2.24) is 20.9 Å². The Kier molecular flexibility index (Phi) is 12.7. The number of halogens is 1. The van der Waals surface area contributed by atoms with Crippen molar-refractivity contribution < 1.29 is 9.53 Å². The molecule has 2 rings (SSSR count). The van der Waals surface area contributed by atoms with E-state index < -0.39 is 0 Å². The standard InChI is InChI=1S/C19H33N5O2S.HI/c1-4-20-19(22-8-7-21-18(25)15(2)3)23-14-16(17-6-5-13-27-17)24-9-11-26-12-10-24;/h5-6,13,15-16H,4,7-12,14H2,1-3H3,(H,21,25)(H2,20,22,23);1H. The Labute approximate surface area is 189 Å². The van der Waals surface area contributed by atoms with Crippen molar-refractivity contribution in [3.63, 3.8) is 0 Å². The second kappa shape index (κ2) is 14.1.